The summed E-state index contributed by atoms with van der Waals surface area (Å²) in [6.45, 7) is 6.49. The highest BCUT2D eigenvalue weighted by molar-refractivity contribution is 7.99. The maximum Gasteiger partial charge on any atom is 0.325 e. The first-order chi connectivity index (χ1) is 14.4. The number of thioether (sulfide) groups is 1. The second-order valence-corrected chi connectivity index (χ2v) is 8.05. The maximum atomic E-state index is 12.2. The van der Waals surface area contributed by atoms with Crippen molar-refractivity contribution in [2.24, 2.45) is 0 Å². The van der Waals surface area contributed by atoms with Crippen molar-refractivity contribution in [2.45, 2.75) is 32.5 Å². The minimum Gasteiger partial charge on any atom is -0.307 e. The van der Waals surface area contributed by atoms with Gasteiger partial charge in [0.2, 0.25) is 5.91 Å². The molecule has 156 valence electrons. The molecule has 7 nitrogen and oxygen atoms in total. The molecule has 2 N–H and O–H groups in total. The van der Waals surface area contributed by atoms with Gasteiger partial charge in [-0.25, -0.2) is 4.79 Å². The van der Waals surface area contributed by atoms with Gasteiger partial charge in [-0.2, -0.15) is 0 Å². The van der Waals surface area contributed by atoms with Gasteiger partial charge in [-0.05, 0) is 56.7 Å². The summed E-state index contributed by atoms with van der Waals surface area (Å²) < 4.78 is 1.91. The number of benzene rings is 2. The highest BCUT2D eigenvalue weighted by Gasteiger charge is 2.16. The van der Waals surface area contributed by atoms with Crippen molar-refractivity contribution in [1.29, 1.82) is 0 Å². The van der Waals surface area contributed by atoms with Gasteiger partial charge in [-0.1, -0.05) is 41.1 Å². The molecule has 1 aromatic heterocycles. The molecule has 0 saturated carbocycles. The van der Waals surface area contributed by atoms with Crippen molar-refractivity contribution in [3.8, 4) is 11.4 Å². The lowest BCUT2D eigenvalue weighted by Crippen LogP contribution is -2.35. The Labute approximate surface area is 184 Å². The highest BCUT2D eigenvalue weighted by Crippen LogP contribution is 2.25. The number of nitrogens with zero attached hydrogens (tertiary/aromatic N) is 3. The Bertz CT molecular complexity index is 1070. The number of hydrogen-bond donors (Lipinski definition) is 2. The predicted octanol–water partition coefficient (Wildman–Crippen LogP) is 4.68. The molecule has 2 aromatic carbocycles. The largest absolute Gasteiger partial charge is 0.325 e. The van der Waals surface area contributed by atoms with Crippen molar-refractivity contribution >= 4 is 41.0 Å². The molecule has 0 spiro atoms. The number of carbonyl (C=O) groups is 2. The normalized spacial score (nSPS) is 10.7. The number of anilines is 1. The molecule has 0 unspecified atom stereocenters. The van der Waals surface area contributed by atoms with Crippen LogP contribution in [-0.4, -0.2) is 32.5 Å². The zero-order chi connectivity index (χ0) is 21.7. The van der Waals surface area contributed by atoms with Gasteiger partial charge in [0, 0.05) is 22.8 Å². The fraction of sp³-hybridized carbons (Fsp3) is 0.238. The standard InChI is InChI=1S/C21H22ClN5O2S/c1-4-27-19(15-6-8-16(22)9-7-15)25-26-21(27)30-12-18(28)24-20(29)23-17-10-5-13(2)11-14(17)3/h5-11H,4,12H2,1-3H3,(H2,23,24,28,29). The van der Waals surface area contributed by atoms with Crippen LogP contribution >= 0.6 is 23.4 Å². The number of rotatable bonds is 6. The summed E-state index contributed by atoms with van der Waals surface area (Å²) in [4.78, 5) is 24.3. The first-order valence-electron chi connectivity index (χ1n) is 9.37. The number of urea groups is 1. The molecule has 0 radical (unpaired) electrons. The monoisotopic (exact) mass is 443 g/mol. The Balaban J connectivity index is 1.59. The van der Waals surface area contributed by atoms with Crippen molar-refractivity contribution in [3.05, 3.63) is 58.6 Å². The SMILES string of the molecule is CCn1c(SCC(=O)NC(=O)Nc2ccc(C)cc2C)nnc1-c1ccc(Cl)cc1. The molecule has 0 aliphatic carbocycles. The van der Waals surface area contributed by atoms with Crippen molar-refractivity contribution in [3.63, 3.8) is 0 Å². The van der Waals surface area contributed by atoms with E-state index < -0.39 is 11.9 Å². The fourth-order valence-electron chi connectivity index (χ4n) is 2.89. The molecule has 0 aliphatic heterocycles. The first-order valence-corrected chi connectivity index (χ1v) is 10.7. The minimum atomic E-state index is -0.564. The van der Waals surface area contributed by atoms with Gasteiger partial charge in [0.15, 0.2) is 11.0 Å². The lowest BCUT2D eigenvalue weighted by molar-refractivity contribution is -0.117. The molecule has 1 heterocycles. The maximum absolute atomic E-state index is 12.2. The summed E-state index contributed by atoms with van der Waals surface area (Å²) >= 11 is 7.17. The van der Waals surface area contributed by atoms with E-state index in [4.69, 9.17) is 11.6 Å². The zero-order valence-corrected chi connectivity index (χ0v) is 18.5. The number of nitrogens with one attached hydrogen (secondary N) is 2. The van der Waals surface area contributed by atoms with E-state index in [2.05, 4.69) is 20.8 Å². The number of halogens is 1. The number of hydrogen-bond acceptors (Lipinski definition) is 5. The van der Waals surface area contributed by atoms with Gasteiger partial charge in [0.05, 0.1) is 5.75 Å². The second kappa shape index (κ2) is 9.77. The van der Waals surface area contributed by atoms with Crippen molar-refractivity contribution in [2.75, 3.05) is 11.1 Å². The van der Waals surface area contributed by atoms with Crippen LogP contribution in [0.5, 0.6) is 0 Å². The smallest absolute Gasteiger partial charge is 0.307 e. The van der Waals surface area contributed by atoms with Gasteiger partial charge < -0.3 is 9.88 Å². The van der Waals surface area contributed by atoms with E-state index >= 15 is 0 Å². The van der Waals surface area contributed by atoms with Crippen molar-refractivity contribution in [1.82, 2.24) is 20.1 Å². The third-order valence-electron chi connectivity index (χ3n) is 4.35. The van der Waals surface area contributed by atoms with E-state index in [1.54, 1.807) is 12.1 Å². The van der Waals surface area contributed by atoms with E-state index in [1.165, 1.54) is 11.8 Å². The Morgan fingerprint density at radius 2 is 1.83 bits per heavy atom. The average Bonchev–Trinajstić information content (AvgIpc) is 3.12. The van der Waals surface area contributed by atoms with E-state index in [0.717, 1.165) is 16.7 Å². The lowest BCUT2D eigenvalue weighted by atomic mass is 10.1. The van der Waals surface area contributed by atoms with Crippen molar-refractivity contribution < 1.29 is 9.59 Å². The molecule has 3 amide bonds. The van der Waals surface area contributed by atoms with Crippen LogP contribution in [0.25, 0.3) is 11.4 Å². The summed E-state index contributed by atoms with van der Waals surface area (Å²) in [5.74, 6) is 0.324. The van der Waals surface area contributed by atoms with Crippen LogP contribution in [0, 0.1) is 13.8 Å². The molecule has 9 heteroatoms. The third kappa shape index (κ3) is 5.40. The van der Waals surface area contributed by atoms with Gasteiger partial charge in [0.25, 0.3) is 0 Å². The van der Waals surface area contributed by atoms with E-state index in [0.29, 0.717) is 28.2 Å². The molecule has 30 heavy (non-hydrogen) atoms. The Morgan fingerprint density at radius 1 is 1.10 bits per heavy atom. The van der Waals surface area contributed by atoms with Crippen LogP contribution in [0.15, 0.2) is 47.6 Å². The first kappa shape index (κ1) is 21.9. The lowest BCUT2D eigenvalue weighted by Gasteiger charge is -2.10. The summed E-state index contributed by atoms with van der Waals surface area (Å²) in [5.41, 5.74) is 3.58. The van der Waals surface area contributed by atoms with Gasteiger partial charge >= 0.3 is 6.03 Å². The summed E-state index contributed by atoms with van der Waals surface area (Å²) in [6.07, 6.45) is 0. The molecule has 0 aliphatic rings. The van der Waals surface area contributed by atoms with Crippen LogP contribution in [0.1, 0.15) is 18.1 Å². The number of carbonyl (C=O) groups excluding carboxylic acids is 2. The summed E-state index contributed by atoms with van der Waals surface area (Å²) in [6, 6.07) is 12.4. The molecule has 0 atom stereocenters. The quantitative estimate of drug-likeness (QED) is 0.540. The minimum absolute atomic E-state index is 0.0407. The van der Waals surface area contributed by atoms with Gasteiger partial charge in [-0.15, -0.1) is 10.2 Å². The van der Waals surface area contributed by atoms with Crippen LogP contribution in [-0.2, 0) is 11.3 Å². The average molecular weight is 444 g/mol. The molecule has 3 rings (SSSR count). The molecule has 0 saturated heterocycles. The summed E-state index contributed by atoms with van der Waals surface area (Å²) in [7, 11) is 0. The van der Waals surface area contributed by atoms with Gasteiger partial charge in [-0.3, -0.25) is 10.1 Å². The van der Waals surface area contributed by atoms with Crippen LogP contribution in [0.2, 0.25) is 5.02 Å². The number of aryl methyl sites for hydroxylation is 2. The van der Waals surface area contributed by atoms with E-state index in [9.17, 15) is 9.59 Å². The Hall–Kier alpha value is -2.84. The fourth-order valence-corrected chi connectivity index (χ4v) is 3.82. The molecule has 3 aromatic rings. The topological polar surface area (TPSA) is 88.9 Å². The van der Waals surface area contributed by atoms with Gasteiger partial charge in [0.1, 0.15) is 0 Å². The Kier molecular flexibility index (Phi) is 7.12. The van der Waals surface area contributed by atoms with E-state index in [-0.39, 0.29) is 5.75 Å². The number of imide groups is 1. The Morgan fingerprint density at radius 3 is 2.50 bits per heavy atom. The molecule has 0 fully saturated rings. The summed E-state index contributed by atoms with van der Waals surface area (Å²) in [5, 5.41) is 14.7. The number of aromatic nitrogens is 3. The van der Waals surface area contributed by atoms with E-state index in [1.807, 2.05) is 55.7 Å². The molecular weight excluding hydrogens is 422 g/mol. The third-order valence-corrected chi connectivity index (χ3v) is 5.57. The zero-order valence-electron chi connectivity index (χ0n) is 16.9. The molecule has 0 bridgehead atoms. The molecular formula is C21H22ClN5O2S. The van der Waals surface area contributed by atoms with Crippen LogP contribution < -0.4 is 10.6 Å². The highest BCUT2D eigenvalue weighted by atomic mass is 35.5. The van der Waals surface area contributed by atoms with Crippen LogP contribution in [0.4, 0.5) is 10.5 Å². The second-order valence-electron chi connectivity index (χ2n) is 6.67. The van der Waals surface area contributed by atoms with Crippen LogP contribution in [0.3, 0.4) is 0 Å². The predicted molar refractivity (Wildman–Crippen MR) is 120 cm³/mol. The number of amides is 3.